The summed E-state index contributed by atoms with van der Waals surface area (Å²) < 4.78 is 5.04. The van der Waals surface area contributed by atoms with Gasteiger partial charge in [-0.2, -0.15) is 0 Å². The monoisotopic (exact) mass is 284 g/mol. The average molecular weight is 284 g/mol. The first-order chi connectivity index (χ1) is 9.74. The molecule has 5 heteroatoms. The number of aryl methyl sites for hydroxylation is 1. The molecule has 0 aliphatic heterocycles. The third-order valence-corrected chi connectivity index (χ3v) is 3.65. The van der Waals surface area contributed by atoms with Gasteiger partial charge in [-0.15, -0.1) is 11.3 Å². The molecule has 0 radical (unpaired) electrons. The first kappa shape index (κ1) is 12.6. The molecule has 0 bridgehead atoms. The molecule has 1 amide bonds. The lowest BCUT2D eigenvalue weighted by Crippen LogP contribution is -2.10. The fraction of sp³-hybridized carbons (Fsp3) is 0.0667. The summed E-state index contributed by atoms with van der Waals surface area (Å²) >= 11 is 1.39. The summed E-state index contributed by atoms with van der Waals surface area (Å²) in [5.74, 6) is -0.0154. The summed E-state index contributed by atoms with van der Waals surface area (Å²) in [5.41, 5.74) is 3.09. The van der Waals surface area contributed by atoms with Crippen molar-refractivity contribution in [1.82, 2.24) is 4.98 Å². The van der Waals surface area contributed by atoms with E-state index in [2.05, 4.69) is 10.3 Å². The van der Waals surface area contributed by atoms with Crippen molar-refractivity contribution in [1.29, 1.82) is 0 Å². The van der Waals surface area contributed by atoms with Crippen molar-refractivity contribution in [3.8, 4) is 11.3 Å². The number of carbonyl (C=O) groups excluding carboxylic acids is 1. The first-order valence-corrected chi connectivity index (χ1v) is 6.98. The van der Waals surface area contributed by atoms with Crippen molar-refractivity contribution < 1.29 is 9.21 Å². The number of carbonyl (C=O) groups is 1. The van der Waals surface area contributed by atoms with Crippen molar-refractivity contribution >= 4 is 22.4 Å². The second kappa shape index (κ2) is 5.30. The van der Waals surface area contributed by atoms with E-state index in [-0.39, 0.29) is 11.7 Å². The fourth-order valence-electron chi connectivity index (χ4n) is 1.88. The molecule has 1 aromatic carbocycles. The van der Waals surface area contributed by atoms with Gasteiger partial charge in [-0.05, 0) is 24.6 Å². The Morgan fingerprint density at radius 3 is 2.85 bits per heavy atom. The molecule has 0 atom stereocenters. The smallest absolute Gasteiger partial charge is 0.293 e. The number of benzene rings is 1. The number of nitrogens with zero attached hydrogens (tertiary/aromatic N) is 1. The van der Waals surface area contributed by atoms with Gasteiger partial charge >= 0.3 is 0 Å². The molecule has 0 saturated carbocycles. The van der Waals surface area contributed by atoms with E-state index in [1.54, 1.807) is 12.1 Å². The summed E-state index contributed by atoms with van der Waals surface area (Å²) in [6.07, 6.45) is 1.47. The molecule has 0 aliphatic rings. The molecule has 0 unspecified atom stereocenters. The maximum atomic E-state index is 11.8. The van der Waals surface area contributed by atoms with Crippen LogP contribution in [0.25, 0.3) is 11.3 Å². The topological polar surface area (TPSA) is 55.1 Å². The zero-order valence-corrected chi connectivity index (χ0v) is 11.6. The van der Waals surface area contributed by atoms with E-state index in [0.29, 0.717) is 5.13 Å². The molecule has 0 spiro atoms. The summed E-state index contributed by atoms with van der Waals surface area (Å²) in [4.78, 5) is 16.3. The van der Waals surface area contributed by atoms with E-state index in [0.717, 1.165) is 16.8 Å². The zero-order chi connectivity index (χ0) is 13.9. The van der Waals surface area contributed by atoms with Crippen LogP contribution < -0.4 is 5.32 Å². The lowest BCUT2D eigenvalue weighted by Gasteiger charge is -2.01. The largest absolute Gasteiger partial charge is 0.459 e. The molecule has 0 fully saturated rings. The molecule has 3 rings (SSSR count). The van der Waals surface area contributed by atoms with Gasteiger partial charge in [0.1, 0.15) is 0 Å². The fourth-order valence-corrected chi connectivity index (χ4v) is 2.59. The molecule has 100 valence electrons. The minimum atomic E-state index is -0.291. The van der Waals surface area contributed by atoms with Crippen LogP contribution in [0.4, 0.5) is 5.13 Å². The van der Waals surface area contributed by atoms with E-state index < -0.39 is 0 Å². The Morgan fingerprint density at radius 1 is 1.25 bits per heavy atom. The predicted octanol–water partition coefficient (Wildman–Crippen LogP) is 3.96. The van der Waals surface area contributed by atoms with Crippen LogP contribution >= 0.6 is 11.3 Å². The number of rotatable bonds is 3. The van der Waals surface area contributed by atoms with Crippen LogP contribution in [0.15, 0.2) is 52.5 Å². The van der Waals surface area contributed by atoms with Crippen LogP contribution in [0.5, 0.6) is 0 Å². The van der Waals surface area contributed by atoms with Crippen LogP contribution in [-0.2, 0) is 0 Å². The molecule has 2 aromatic heterocycles. The molecule has 3 aromatic rings. The Hall–Kier alpha value is -2.40. The Kier molecular flexibility index (Phi) is 3.35. The number of amides is 1. The maximum absolute atomic E-state index is 11.8. The van der Waals surface area contributed by atoms with Crippen LogP contribution in [-0.4, -0.2) is 10.9 Å². The van der Waals surface area contributed by atoms with E-state index in [1.165, 1.54) is 17.6 Å². The van der Waals surface area contributed by atoms with Gasteiger partial charge in [0, 0.05) is 10.9 Å². The van der Waals surface area contributed by atoms with Crippen molar-refractivity contribution in [2.24, 2.45) is 0 Å². The zero-order valence-electron chi connectivity index (χ0n) is 10.8. The van der Waals surface area contributed by atoms with Gasteiger partial charge in [-0.3, -0.25) is 10.1 Å². The summed E-state index contributed by atoms with van der Waals surface area (Å²) in [7, 11) is 0. The minimum Gasteiger partial charge on any atom is -0.459 e. The first-order valence-electron chi connectivity index (χ1n) is 6.10. The highest BCUT2D eigenvalue weighted by Crippen LogP contribution is 2.27. The van der Waals surface area contributed by atoms with Crippen molar-refractivity contribution in [3.63, 3.8) is 0 Å². The van der Waals surface area contributed by atoms with Crippen LogP contribution in [0.3, 0.4) is 0 Å². The Morgan fingerprint density at radius 2 is 2.10 bits per heavy atom. The van der Waals surface area contributed by atoms with E-state index in [9.17, 15) is 4.79 Å². The highest BCUT2D eigenvalue weighted by atomic mass is 32.1. The number of aromatic nitrogens is 1. The van der Waals surface area contributed by atoms with Gasteiger partial charge < -0.3 is 4.42 Å². The Labute approximate surface area is 120 Å². The normalized spacial score (nSPS) is 10.4. The molecule has 20 heavy (non-hydrogen) atoms. The minimum absolute atomic E-state index is 0.276. The van der Waals surface area contributed by atoms with Gasteiger partial charge in [-0.25, -0.2) is 4.98 Å². The molecule has 1 N–H and O–H groups in total. The van der Waals surface area contributed by atoms with E-state index in [4.69, 9.17) is 4.42 Å². The van der Waals surface area contributed by atoms with Gasteiger partial charge in [0.15, 0.2) is 10.9 Å². The Bertz CT molecular complexity index is 732. The second-order valence-electron chi connectivity index (χ2n) is 4.28. The summed E-state index contributed by atoms with van der Waals surface area (Å²) in [6, 6.07) is 11.3. The number of anilines is 1. The lowest BCUT2D eigenvalue weighted by molar-refractivity contribution is 0.0996. The van der Waals surface area contributed by atoms with Crippen LogP contribution in [0, 0.1) is 6.92 Å². The Balaban J connectivity index is 1.81. The van der Waals surface area contributed by atoms with Gasteiger partial charge in [0.25, 0.3) is 5.91 Å². The third-order valence-electron chi connectivity index (χ3n) is 2.89. The maximum Gasteiger partial charge on any atom is 0.293 e. The molecule has 2 heterocycles. The average Bonchev–Trinajstić information content (AvgIpc) is 3.10. The van der Waals surface area contributed by atoms with Crippen molar-refractivity contribution in [3.05, 3.63) is 59.4 Å². The summed E-state index contributed by atoms with van der Waals surface area (Å²) in [5, 5.41) is 5.22. The molecular weight excluding hydrogens is 272 g/mol. The quantitative estimate of drug-likeness (QED) is 0.792. The molecule has 0 aliphatic carbocycles. The molecule has 0 saturated heterocycles. The molecular formula is C15H12N2O2S. The number of nitrogens with one attached hydrogen (secondary N) is 1. The van der Waals surface area contributed by atoms with E-state index in [1.807, 2.05) is 36.6 Å². The SMILES string of the molecule is Cc1ccccc1-c1csc(NC(=O)c2ccco2)n1. The van der Waals surface area contributed by atoms with E-state index >= 15 is 0 Å². The number of hydrogen-bond acceptors (Lipinski definition) is 4. The lowest BCUT2D eigenvalue weighted by atomic mass is 10.1. The van der Waals surface area contributed by atoms with Crippen LogP contribution in [0.1, 0.15) is 16.1 Å². The standard InChI is InChI=1S/C15H12N2O2S/c1-10-5-2-3-6-11(10)12-9-20-15(16-12)17-14(18)13-7-4-8-19-13/h2-9H,1H3,(H,16,17,18). The number of hydrogen-bond donors (Lipinski definition) is 1. The summed E-state index contributed by atoms with van der Waals surface area (Å²) in [6.45, 7) is 2.04. The van der Waals surface area contributed by atoms with Crippen molar-refractivity contribution in [2.75, 3.05) is 5.32 Å². The van der Waals surface area contributed by atoms with Gasteiger partial charge in [0.05, 0.1) is 12.0 Å². The predicted molar refractivity (Wildman–Crippen MR) is 78.9 cm³/mol. The van der Waals surface area contributed by atoms with Gasteiger partial charge in [0.2, 0.25) is 0 Å². The third kappa shape index (κ3) is 2.48. The number of furan rings is 1. The van der Waals surface area contributed by atoms with Gasteiger partial charge in [-0.1, -0.05) is 24.3 Å². The van der Waals surface area contributed by atoms with Crippen LogP contribution in [0.2, 0.25) is 0 Å². The van der Waals surface area contributed by atoms with Crippen molar-refractivity contribution in [2.45, 2.75) is 6.92 Å². The molecule has 4 nitrogen and oxygen atoms in total. The highest BCUT2D eigenvalue weighted by Gasteiger charge is 2.12. The highest BCUT2D eigenvalue weighted by molar-refractivity contribution is 7.14. The second-order valence-corrected chi connectivity index (χ2v) is 5.14. The number of thiazole rings is 1.